The van der Waals surface area contributed by atoms with Crippen molar-refractivity contribution in [2.75, 3.05) is 27.2 Å². The molecule has 0 aliphatic carbocycles. The second-order valence-corrected chi connectivity index (χ2v) is 8.69. The molecule has 1 atom stereocenters. The van der Waals surface area contributed by atoms with Gasteiger partial charge in [0, 0.05) is 12.2 Å². The van der Waals surface area contributed by atoms with E-state index in [0.717, 1.165) is 12.1 Å². The number of H-pyrrole nitrogens is 1. The topological polar surface area (TPSA) is 98.8 Å². The number of likely N-dealkylation sites (tertiary alicyclic amines) is 1. The zero-order chi connectivity index (χ0) is 23.6. The van der Waals surface area contributed by atoms with Crippen LogP contribution in [0.25, 0.3) is 5.76 Å². The summed E-state index contributed by atoms with van der Waals surface area (Å²) in [7, 11) is 3.92. The first-order valence-corrected chi connectivity index (χ1v) is 10.8. The zero-order valence-corrected chi connectivity index (χ0v) is 19.6. The molecule has 32 heavy (non-hydrogen) atoms. The Bertz CT molecular complexity index is 1000. The molecule has 0 spiro atoms. The van der Waals surface area contributed by atoms with E-state index < -0.39 is 17.7 Å². The van der Waals surface area contributed by atoms with Gasteiger partial charge in [-0.2, -0.15) is 5.10 Å². The summed E-state index contributed by atoms with van der Waals surface area (Å²) in [4.78, 5) is 29.7. The van der Waals surface area contributed by atoms with E-state index >= 15 is 0 Å². The number of hydrogen-bond donors (Lipinski definition) is 2. The third-order valence-electron chi connectivity index (χ3n) is 5.48. The van der Waals surface area contributed by atoms with Crippen LogP contribution in [0.1, 0.15) is 48.8 Å². The summed E-state index contributed by atoms with van der Waals surface area (Å²) in [6, 6.07) is 6.65. The van der Waals surface area contributed by atoms with Gasteiger partial charge in [0.05, 0.1) is 29.0 Å². The van der Waals surface area contributed by atoms with Crippen LogP contribution in [0.15, 0.2) is 29.8 Å². The Balaban J connectivity index is 2.08. The van der Waals surface area contributed by atoms with Gasteiger partial charge in [0.15, 0.2) is 0 Å². The highest BCUT2D eigenvalue weighted by Crippen LogP contribution is 2.40. The summed E-state index contributed by atoms with van der Waals surface area (Å²) in [5, 5.41) is 18.1. The minimum atomic E-state index is -0.682. The van der Waals surface area contributed by atoms with Gasteiger partial charge in [-0.25, -0.2) is 0 Å². The second kappa shape index (κ2) is 9.56. The lowest BCUT2D eigenvalue weighted by Gasteiger charge is -2.26. The van der Waals surface area contributed by atoms with E-state index in [1.807, 2.05) is 57.1 Å². The summed E-state index contributed by atoms with van der Waals surface area (Å²) >= 11 is 0. The molecule has 2 aromatic rings. The van der Waals surface area contributed by atoms with Crippen molar-refractivity contribution >= 4 is 17.4 Å². The smallest absolute Gasteiger partial charge is 0.295 e. The number of nitrogens with one attached hydrogen (secondary N) is 1. The molecule has 1 aliphatic rings. The predicted molar refractivity (Wildman–Crippen MR) is 122 cm³/mol. The lowest BCUT2D eigenvalue weighted by molar-refractivity contribution is -0.139. The monoisotopic (exact) mass is 440 g/mol. The lowest BCUT2D eigenvalue weighted by atomic mass is 9.94. The molecule has 8 heteroatoms. The predicted octanol–water partition coefficient (Wildman–Crippen LogP) is 3.19. The van der Waals surface area contributed by atoms with E-state index in [1.165, 1.54) is 0 Å². The van der Waals surface area contributed by atoms with E-state index in [-0.39, 0.29) is 17.4 Å². The van der Waals surface area contributed by atoms with Crippen molar-refractivity contribution in [3.8, 4) is 5.75 Å². The van der Waals surface area contributed by atoms with Gasteiger partial charge in [0.1, 0.15) is 11.5 Å². The van der Waals surface area contributed by atoms with E-state index in [4.69, 9.17) is 4.74 Å². The van der Waals surface area contributed by atoms with Gasteiger partial charge in [0.25, 0.3) is 11.7 Å². The van der Waals surface area contributed by atoms with Gasteiger partial charge in [-0.1, -0.05) is 12.1 Å². The Morgan fingerprint density at radius 1 is 1.22 bits per heavy atom. The number of aryl methyl sites for hydroxylation is 2. The van der Waals surface area contributed by atoms with Crippen LogP contribution >= 0.6 is 0 Å². The molecule has 2 heterocycles. The van der Waals surface area contributed by atoms with E-state index in [9.17, 15) is 14.7 Å². The van der Waals surface area contributed by atoms with Crippen molar-refractivity contribution in [1.82, 2.24) is 20.0 Å². The fraction of sp³-hybridized carbons (Fsp3) is 0.458. The van der Waals surface area contributed by atoms with Crippen molar-refractivity contribution in [3.63, 3.8) is 0 Å². The summed E-state index contributed by atoms with van der Waals surface area (Å²) in [5.41, 5.74) is 2.49. The molecule has 172 valence electrons. The molecule has 0 unspecified atom stereocenters. The standard InChI is InChI=1S/C24H32N4O4/c1-14(2)32-18-10-8-17(9-11-18)21-20(22(29)19-15(3)25-26-16(19)4)23(30)24(31)28(21)13-7-12-27(5)6/h8-11,14,21,29H,7,12-13H2,1-6H3,(H,25,26)/t21-/m0/s1. The number of ketones is 1. The maximum atomic E-state index is 13.1. The number of aromatic nitrogens is 2. The number of rotatable bonds is 8. The molecule has 1 aromatic heterocycles. The summed E-state index contributed by atoms with van der Waals surface area (Å²) in [6.45, 7) is 8.59. The average Bonchev–Trinajstić information content (AvgIpc) is 3.18. The highest BCUT2D eigenvalue weighted by atomic mass is 16.5. The molecular weight excluding hydrogens is 408 g/mol. The first kappa shape index (κ1) is 23.5. The summed E-state index contributed by atoms with van der Waals surface area (Å²) in [5.74, 6) is -0.777. The molecule has 0 radical (unpaired) electrons. The highest BCUT2D eigenvalue weighted by Gasteiger charge is 2.46. The van der Waals surface area contributed by atoms with E-state index in [2.05, 4.69) is 10.2 Å². The van der Waals surface area contributed by atoms with E-state index in [0.29, 0.717) is 35.7 Å². The maximum absolute atomic E-state index is 13.1. The zero-order valence-electron chi connectivity index (χ0n) is 19.6. The van der Waals surface area contributed by atoms with Crippen LogP contribution < -0.4 is 4.74 Å². The molecule has 1 amide bonds. The molecule has 3 rings (SSSR count). The van der Waals surface area contributed by atoms with Gasteiger partial charge >= 0.3 is 0 Å². The number of hydrogen-bond acceptors (Lipinski definition) is 6. The van der Waals surface area contributed by atoms with Gasteiger partial charge in [-0.15, -0.1) is 0 Å². The quantitative estimate of drug-likeness (QED) is 0.372. The number of amides is 1. The van der Waals surface area contributed by atoms with Crippen LogP contribution in [0.2, 0.25) is 0 Å². The number of nitrogens with zero attached hydrogens (tertiary/aromatic N) is 3. The molecule has 1 fully saturated rings. The summed E-state index contributed by atoms with van der Waals surface area (Å²) in [6.07, 6.45) is 0.735. The fourth-order valence-corrected chi connectivity index (χ4v) is 4.05. The van der Waals surface area contributed by atoms with Gasteiger partial charge in [-0.3, -0.25) is 14.7 Å². The van der Waals surface area contributed by atoms with Crippen LogP contribution in [0, 0.1) is 13.8 Å². The Morgan fingerprint density at radius 2 is 1.88 bits per heavy atom. The second-order valence-electron chi connectivity index (χ2n) is 8.69. The number of benzene rings is 1. The Labute approximate surface area is 188 Å². The summed E-state index contributed by atoms with van der Waals surface area (Å²) < 4.78 is 5.73. The molecule has 0 saturated carbocycles. The van der Waals surface area contributed by atoms with Crippen molar-refractivity contribution in [1.29, 1.82) is 0 Å². The first-order valence-electron chi connectivity index (χ1n) is 10.8. The van der Waals surface area contributed by atoms with Crippen LogP contribution in [-0.4, -0.2) is 70.1 Å². The normalized spacial score (nSPS) is 18.2. The Hall–Kier alpha value is -3.13. The van der Waals surface area contributed by atoms with Crippen molar-refractivity contribution in [2.24, 2.45) is 0 Å². The van der Waals surface area contributed by atoms with Crippen LogP contribution in [0.5, 0.6) is 5.75 Å². The van der Waals surface area contributed by atoms with Crippen molar-refractivity contribution in [2.45, 2.75) is 46.3 Å². The largest absolute Gasteiger partial charge is 0.507 e. The van der Waals surface area contributed by atoms with Crippen LogP contribution in [0.3, 0.4) is 0 Å². The number of ether oxygens (including phenoxy) is 1. The first-order chi connectivity index (χ1) is 15.1. The van der Waals surface area contributed by atoms with E-state index in [1.54, 1.807) is 18.7 Å². The maximum Gasteiger partial charge on any atom is 0.295 e. The minimum Gasteiger partial charge on any atom is -0.507 e. The molecule has 1 aliphatic heterocycles. The van der Waals surface area contributed by atoms with Crippen LogP contribution in [0.4, 0.5) is 0 Å². The van der Waals surface area contributed by atoms with Gasteiger partial charge in [-0.05, 0) is 72.5 Å². The van der Waals surface area contributed by atoms with Crippen molar-refractivity contribution in [3.05, 3.63) is 52.4 Å². The van der Waals surface area contributed by atoms with Gasteiger partial charge < -0.3 is 19.6 Å². The number of Topliss-reactive ketones (excluding diaryl/α,β-unsaturated/α-hetero) is 1. The number of aliphatic hydroxyl groups is 1. The minimum absolute atomic E-state index is 0.0320. The number of aliphatic hydroxyl groups excluding tert-OH is 1. The highest BCUT2D eigenvalue weighted by molar-refractivity contribution is 6.46. The number of carbonyl (C=O) groups is 2. The van der Waals surface area contributed by atoms with Gasteiger partial charge in [0.2, 0.25) is 0 Å². The lowest BCUT2D eigenvalue weighted by Crippen LogP contribution is -2.32. The fourth-order valence-electron chi connectivity index (χ4n) is 4.05. The van der Waals surface area contributed by atoms with Crippen LogP contribution in [-0.2, 0) is 9.59 Å². The Kier molecular flexibility index (Phi) is 7.03. The third kappa shape index (κ3) is 4.70. The average molecular weight is 441 g/mol. The van der Waals surface area contributed by atoms with Crippen molar-refractivity contribution < 1.29 is 19.4 Å². The molecule has 0 bridgehead atoms. The molecule has 1 saturated heterocycles. The third-order valence-corrected chi connectivity index (χ3v) is 5.48. The molecule has 2 N–H and O–H groups in total. The molecule has 1 aromatic carbocycles. The molecular formula is C24H32N4O4. The Morgan fingerprint density at radius 3 is 2.41 bits per heavy atom. The SMILES string of the molecule is Cc1n[nH]c(C)c1C(O)=C1C(=O)C(=O)N(CCCN(C)C)[C@H]1c1ccc(OC(C)C)cc1. The molecule has 8 nitrogen and oxygen atoms in total. The number of carbonyl (C=O) groups excluding carboxylic acids is 2. The number of aromatic amines is 1.